The lowest BCUT2D eigenvalue weighted by Gasteiger charge is -2.26. The number of aryl methyl sites for hydroxylation is 1. The zero-order valence-electron chi connectivity index (χ0n) is 8.63. The van der Waals surface area contributed by atoms with Crippen LogP contribution in [-0.4, -0.2) is 19.7 Å². The second kappa shape index (κ2) is 5.73. The summed E-state index contributed by atoms with van der Waals surface area (Å²) in [7, 11) is 0. The second-order valence-electron chi connectivity index (χ2n) is 3.80. The molecule has 1 aliphatic heterocycles. The Morgan fingerprint density at radius 1 is 1.40 bits per heavy atom. The van der Waals surface area contributed by atoms with Gasteiger partial charge in [-0.15, -0.1) is 12.4 Å². The molecule has 0 aromatic heterocycles. The first-order chi connectivity index (χ1) is 6.74. The van der Waals surface area contributed by atoms with Crippen molar-refractivity contribution in [2.24, 2.45) is 5.92 Å². The lowest BCUT2D eigenvalue weighted by Crippen LogP contribution is -2.45. The van der Waals surface area contributed by atoms with E-state index in [4.69, 9.17) is 4.74 Å². The number of halogens is 2. The van der Waals surface area contributed by atoms with E-state index in [0.717, 1.165) is 29.9 Å². The van der Waals surface area contributed by atoms with E-state index < -0.39 is 0 Å². The SMILES string of the molecule is Cc1cc(Br)cc(OCC2CNC2)c1.Cl. The lowest BCUT2D eigenvalue weighted by atomic mass is 10.1. The summed E-state index contributed by atoms with van der Waals surface area (Å²) in [5.74, 6) is 1.65. The highest BCUT2D eigenvalue weighted by atomic mass is 79.9. The van der Waals surface area contributed by atoms with Crippen LogP contribution in [0.25, 0.3) is 0 Å². The van der Waals surface area contributed by atoms with Gasteiger partial charge in [0.25, 0.3) is 0 Å². The highest BCUT2D eigenvalue weighted by Gasteiger charge is 2.17. The third-order valence-corrected chi connectivity index (χ3v) is 2.83. The molecule has 1 heterocycles. The summed E-state index contributed by atoms with van der Waals surface area (Å²) in [5, 5.41) is 3.23. The molecule has 1 aromatic carbocycles. The fourth-order valence-corrected chi connectivity index (χ4v) is 2.05. The molecule has 0 aliphatic carbocycles. The molecule has 1 fully saturated rings. The molecular formula is C11H15BrClNO. The molecule has 0 amide bonds. The van der Waals surface area contributed by atoms with Gasteiger partial charge in [-0.3, -0.25) is 0 Å². The maximum Gasteiger partial charge on any atom is 0.120 e. The first kappa shape index (κ1) is 12.8. The van der Waals surface area contributed by atoms with Crippen LogP contribution in [0.15, 0.2) is 22.7 Å². The molecule has 15 heavy (non-hydrogen) atoms. The average molecular weight is 293 g/mol. The highest BCUT2D eigenvalue weighted by molar-refractivity contribution is 9.10. The number of rotatable bonds is 3. The Kier molecular flexibility index (Phi) is 4.90. The van der Waals surface area contributed by atoms with Gasteiger partial charge in [0.15, 0.2) is 0 Å². The predicted octanol–water partition coefficient (Wildman–Crippen LogP) is 2.78. The summed E-state index contributed by atoms with van der Waals surface area (Å²) in [6.45, 7) is 5.07. The third kappa shape index (κ3) is 3.67. The Hall–Kier alpha value is -0.250. The van der Waals surface area contributed by atoms with Gasteiger partial charge in [-0.1, -0.05) is 15.9 Å². The quantitative estimate of drug-likeness (QED) is 0.925. The number of hydrogen-bond donors (Lipinski definition) is 1. The van der Waals surface area contributed by atoms with E-state index in [0.29, 0.717) is 5.92 Å². The van der Waals surface area contributed by atoms with Crippen molar-refractivity contribution >= 4 is 28.3 Å². The molecule has 1 N–H and O–H groups in total. The van der Waals surface area contributed by atoms with Gasteiger partial charge >= 0.3 is 0 Å². The molecule has 0 unspecified atom stereocenters. The Labute approximate surface area is 105 Å². The lowest BCUT2D eigenvalue weighted by molar-refractivity contribution is 0.199. The van der Waals surface area contributed by atoms with E-state index >= 15 is 0 Å². The Bertz CT molecular complexity index is 308. The molecule has 2 rings (SSSR count). The summed E-state index contributed by atoms with van der Waals surface area (Å²) in [5.41, 5.74) is 1.22. The standard InChI is InChI=1S/C11H14BrNO.ClH/c1-8-2-10(12)4-11(3-8)14-7-9-5-13-6-9;/h2-4,9,13H,5-7H2,1H3;1H. The molecule has 1 saturated heterocycles. The molecule has 2 nitrogen and oxygen atoms in total. The van der Waals surface area contributed by atoms with Gasteiger partial charge in [0.2, 0.25) is 0 Å². The minimum absolute atomic E-state index is 0. The van der Waals surface area contributed by atoms with Crippen molar-refractivity contribution in [2.45, 2.75) is 6.92 Å². The van der Waals surface area contributed by atoms with Crippen molar-refractivity contribution in [1.29, 1.82) is 0 Å². The third-order valence-electron chi connectivity index (χ3n) is 2.37. The molecule has 0 saturated carbocycles. The van der Waals surface area contributed by atoms with Crippen LogP contribution < -0.4 is 10.1 Å². The molecule has 84 valence electrons. The topological polar surface area (TPSA) is 21.3 Å². The molecule has 1 aliphatic rings. The van der Waals surface area contributed by atoms with E-state index in [2.05, 4.69) is 40.3 Å². The van der Waals surface area contributed by atoms with Crippen LogP contribution in [0.3, 0.4) is 0 Å². The normalized spacial score (nSPS) is 15.3. The zero-order valence-corrected chi connectivity index (χ0v) is 11.0. The van der Waals surface area contributed by atoms with Crippen molar-refractivity contribution in [3.05, 3.63) is 28.2 Å². The van der Waals surface area contributed by atoms with Crippen LogP contribution in [0.4, 0.5) is 0 Å². The van der Waals surface area contributed by atoms with Gasteiger partial charge in [0.05, 0.1) is 6.61 Å². The summed E-state index contributed by atoms with van der Waals surface area (Å²) >= 11 is 3.46. The number of ether oxygens (including phenoxy) is 1. The van der Waals surface area contributed by atoms with E-state index in [1.807, 2.05) is 6.07 Å². The van der Waals surface area contributed by atoms with E-state index in [9.17, 15) is 0 Å². The largest absolute Gasteiger partial charge is 0.493 e. The van der Waals surface area contributed by atoms with Crippen LogP contribution in [0.5, 0.6) is 5.75 Å². The maximum absolute atomic E-state index is 5.70. The Morgan fingerprint density at radius 3 is 2.67 bits per heavy atom. The van der Waals surface area contributed by atoms with Crippen molar-refractivity contribution < 1.29 is 4.74 Å². The Morgan fingerprint density at radius 2 is 2.13 bits per heavy atom. The first-order valence-corrected chi connectivity index (χ1v) is 5.64. The van der Waals surface area contributed by atoms with Gasteiger partial charge in [0, 0.05) is 23.5 Å². The summed E-state index contributed by atoms with van der Waals surface area (Å²) < 4.78 is 6.78. The Balaban J connectivity index is 0.00000112. The summed E-state index contributed by atoms with van der Waals surface area (Å²) in [6.07, 6.45) is 0. The molecule has 0 radical (unpaired) electrons. The van der Waals surface area contributed by atoms with Crippen LogP contribution >= 0.6 is 28.3 Å². The first-order valence-electron chi connectivity index (χ1n) is 4.85. The monoisotopic (exact) mass is 291 g/mol. The number of hydrogen-bond acceptors (Lipinski definition) is 2. The van der Waals surface area contributed by atoms with Crippen molar-refractivity contribution in [3.8, 4) is 5.75 Å². The van der Waals surface area contributed by atoms with Gasteiger partial charge < -0.3 is 10.1 Å². The molecule has 4 heteroatoms. The second-order valence-corrected chi connectivity index (χ2v) is 4.72. The fourth-order valence-electron chi connectivity index (χ4n) is 1.47. The molecule has 1 aromatic rings. The average Bonchev–Trinajstić information content (AvgIpc) is 1.99. The predicted molar refractivity (Wildman–Crippen MR) is 68.0 cm³/mol. The van der Waals surface area contributed by atoms with E-state index in [1.165, 1.54) is 5.56 Å². The van der Waals surface area contributed by atoms with Gasteiger partial charge in [-0.2, -0.15) is 0 Å². The van der Waals surface area contributed by atoms with Gasteiger partial charge in [-0.05, 0) is 30.7 Å². The van der Waals surface area contributed by atoms with Gasteiger partial charge in [0.1, 0.15) is 5.75 Å². The van der Waals surface area contributed by atoms with Crippen LogP contribution in [0, 0.1) is 12.8 Å². The summed E-state index contributed by atoms with van der Waals surface area (Å²) in [6, 6.07) is 6.16. The van der Waals surface area contributed by atoms with Crippen LogP contribution in [0.1, 0.15) is 5.56 Å². The van der Waals surface area contributed by atoms with Crippen molar-refractivity contribution in [1.82, 2.24) is 5.32 Å². The van der Waals surface area contributed by atoms with Crippen LogP contribution in [-0.2, 0) is 0 Å². The van der Waals surface area contributed by atoms with E-state index in [1.54, 1.807) is 0 Å². The molecule has 0 bridgehead atoms. The fraction of sp³-hybridized carbons (Fsp3) is 0.455. The molecule has 0 atom stereocenters. The van der Waals surface area contributed by atoms with Gasteiger partial charge in [-0.25, -0.2) is 0 Å². The minimum atomic E-state index is 0. The highest BCUT2D eigenvalue weighted by Crippen LogP contribution is 2.21. The molecular weight excluding hydrogens is 277 g/mol. The van der Waals surface area contributed by atoms with Crippen LogP contribution in [0.2, 0.25) is 0 Å². The van der Waals surface area contributed by atoms with Crippen molar-refractivity contribution in [3.63, 3.8) is 0 Å². The number of benzene rings is 1. The smallest absolute Gasteiger partial charge is 0.120 e. The molecule has 0 spiro atoms. The van der Waals surface area contributed by atoms with E-state index in [-0.39, 0.29) is 12.4 Å². The summed E-state index contributed by atoms with van der Waals surface area (Å²) in [4.78, 5) is 0. The minimum Gasteiger partial charge on any atom is -0.493 e. The van der Waals surface area contributed by atoms with Crippen molar-refractivity contribution in [2.75, 3.05) is 19.7 Å². The maximum atomic E-state index is 5.70. The number of nitrogens with one attached hydrogen (secondary N) is 1. The zero-order chi connectivity index (χ0) is 9.97.